The molecule has 2 rings (SSSR count). The van der Waals surface area contributed by atoms with Crippen LogP contribution in [0.5, 0.6) is 0 Å². The van der Waals surface area contributed by atoms with Gasteiger partial charge in [0.05, 0.1) is 6.10 Å². The van der Waals surface area contributed by atoms with Crippen LogP contribution in [0.15, 0.2) is 0 Å². The monoisotopic (exact) mass is 211 g/mol. The van der Waals surface area contributed by atoms with E-state index in [1.165, 1.54) is 0 Å². The zero-order valence-corrected chi connectivity index (χ0v) is 7.74. The summed E-state index contributed by atoms with van der Waals surface area (Å²) in [6.07, 6.45) is -2.59. The molecule has 2 aliphatic heterocycles. The zero-order chi connectivity index (χ0) is 8.93. The van der Waals surface area contributed by atoms with Gasteiger partial charge in [-0.05, 0) is 12.8 Å². The van der Waals surface area contributed by atoms with Crippen molar-refractivity contribution in [2.75, 3.05) is 0 Å². The second kappa shape index (κ2) is 3.34. The summed E-state index contributed by atoms with van der Waals surface area (Å²) in [5, 5.41) is 40.4. The van der Waals surface area contributed by atoms with Crippen LogP contribution < -0.4 is 5.32 Å². The van der Waals surface area contributed by atoms with E-state index in [-0.39, 0.29) is 18.4 Å². The Morgan fingerprint density at radius 3 is 2.38 bits per heavy atom. The second-order valence-electron chi connectivity index (χ2n) is 3.64. The molecule has 2 heterocycles. The van der Waals surface area contributed by atoms with Gasteiger partial charge in [-0.1, -0.05) is 0 Å². The molecule has 78 valence electrons. The molecule has 13 heavy (non-hydrogen) atoms. The fraction of sp³-hybridized carbons (Fsp3) is 1.00. The summed E-state index contributed by atoms with van der Waals surface area (Å²) in [4.78, 5) is 0. The molecule has 0 aromatic heterocycles. The Bertz CT molecular complexity index is 205. The Balaban J connectivity index is 0.000000845. The minimum Gasteiger partial charge on any atom is -0.389 e. The number of piperidine rings is 1. The van der Waals surface area contributed by atoms with Crippen molar-refractivity contribution in [1.29, 1.82) is 0 Å². The topological polar surface area (TPSA) is 93.0 Å². The van der Waals surface area contributed by atoms with Crippen molar-refractivity contribution in [2.24, 2.45) is 0 Å². The summed E-state index contributed by atoms with van der Waals surface area (Å²) in [6, 6.07) is -0.298. The number of rotatable bonds is 0. The second-order valence-corrected chi connectivity index (χ2v) is 3.64. The van der Waals surface area contributed by atoms with Gasteiger partial charge < -0.3 is 20.4 Å². The van der Waals surface area contributed by atoms with Crippen LogP contribution in [-0.4, -0.2) is 50.5 Å². The van der Waals surface area contributed by atoms with Crippen molar-refractivity contribution in [3.05, 3.63) is 0 Å². The van der Waals surface area contributed by atoms with Gasteiger partial charge in [-0.3, -0.25) is 5.32 Å². The summed E-state index contributed by atoms with van der Waals surface area (Å²) in [5.41, 5.74) is -1.40. The molecule has 5 N–H and O–H groups in total. The Morgan fingerprint density at radius 2 is 1.77 bits per heavy atom. The average molecular weight is 212 g/mol. The van der Waals surface area contributed by atoms with E-state index in [9.17, 15) is 20.4 Å². The molecule has 0 saturated carbocycles. The van der Waals surface area contributed by atoms with Crippen LogP contribution in [-0.2, 0) is 0 Å². The number of halogens is 1. The van der Waals surface area contributed by atoms with Crippen LogP contribution in [0.1, 0.15) is 12.8 Å². The van der Waals surface area contributed by atoms with Gasteiger partial charge in [-0.15, -0.1) is 12.4 Å². The SMILES string of the molecule is Cl.O[C@@H]1[C@H](O)[C@H](O)[C@@]2(O)CC[C@@H]1N2. The van der Waals surface area contributed by atoms with Crippen LogP contribution in [0.25, 0.3) is 0 Å². The van der Waals surface area contributed by atoms with Crippen LogP contribution >= 0.6 is 12.4 Å². The summed E-state index contributed by atoms with van der Waals surface area (Å²) in [5.74, 6) is 0. The highest BCUT2D eigenvalue weighted by Crippen LogP contribution is 2.34. The first-order valence-electron chi connectivity index (χ1n) is 4.09. The van der Waals surface area contributed by atoms with E-state index in [2.05, 4.69) is 5.32 Å². The molecule has 5 nitrogen and oxygen atoms in total. The van der Waals surface area contributed by atoms with E-state index in [0.717, 1.165) is 0 Å². The first-order chi connectivity index (χ1) is 5.54. The predicted molar refractivity (Wildman–Crippen MR) is 46.4 cm³/mol. The molecule has 2 saturated heterocycles. The molecule has 2 aliphatic rings. The van der Waals surface area contributed by atoms with Crippen molar-refractivity contribution < 1.29 is 20.4 Å². The van der Waals surface area contributed by atoms with Gasteiger partial charge in [0, 0.05) is 6.04 Å². The van der Waals surface area contributed by atoms with Gasteiger partial charge >= 0.3 is 0 Å². The highest BCUT2D eigenvalue weighted by Gasteiger charge is 2.55. The van der Waals surface area contributed by atoms with Crippen molar-refractivity contribution in [3.8, 4) is 0 Å². The Hall–Kier alpha value is 0.0900. The maximum atomic E-state index is 9.65. The molecule has 2 bridgehead atoms. The molecule has 0 spiro atoms. The Labute approximate surface area is 81.8 Å². The molecule has 0 amide bonds. The van der Waals surface area contributed by atoms with Crippen LogP contribution in [0.2, 0.25) is 0 Å². The molecule has 5 atom stereocenters. The summed E-state index contributed by atoms with van der Waals surface area (Å²) >= 11 is 0. The predicted octanol–water partition coefficient (Wildman–Crippen LogP) is -2.05. The van der Waals surface area contributed by atoms with Crippen LogP contribution in [0.3, 0.4) is 0 Å². The standard InChI is InChI=1S/C7H13NO4.ClH/c9-4-3-1-2-7(12,8-3)6(11)5(4)10;/h3-6,8-12H,1-2H2;1H/t3-,4-,5-,6-,7-;/m0./s1. The number of aliphatic hydroxyl groups is 4. The minimum atomic E-state index is -1.40. The normalized spacial score (nSPS) is 54.5. The minimum absolute atomic E-state index is 0. The molecule has 2 fully saturated rings. The number of hydrogen-bond donors (Lipinski definition) is 5. The summed E-state index contributed by atoms with van der Waals surface area (Å²) < 4.78 is 0. The molecule has 0 aromatic rings. The highest BCUT2D eigenvalue weighted by atomic mass is 35.5. The zero-order valence-electron chi connectivity index (χ0n) is 6.92. The Morgan fingerprint density at radius 1 is 1.15 bits per heavy atom. The number of nitrogens with one attached hydrogen (secondary N) is 1. The quantitative estimate of drug-likeness (QED) is 0.318. The van der Waals surface area contributed by atoms with Crippen LogP contribution in [0, 0.1) is 0 Å². The van der Waals surface area contributed by atoms with E-state index < -0.39 is 24.0 Å². The van der Waals surface area contributed by atoms with Crippen molar-refractivity contribution in [3.63, 3.8) is 0 Å². The van der Waals surface area contributed by atoms with E-state index in [1.54, 1.807) is 0 Å². The Kier molecular flexibility index (Phi) is 2.87. The van der Waals surface area contributed by atoms with Gasteiger partial charge in [0.25, 0.3) is 0 Å². The number of aliphatic hydroxyl groups excluding tert-OH is 3. The lowest BCUT2D eigenvalue weighted by Crippen LogP contribution is -2.67. The third kappa shape index (κ3) is 1.45. The largest absolute Gasteiger partial charge is 0.389 e. The lowest BCUT2D eigenvalue weighted by molar-refractivity contribution is -0.186. The number of hydrogen-bond acceptors (Lipinski definition) is 5. The molecular formula is C7H14ClNO4. The summed E-state index contributed by atoms with van der Waals surface area (Å²) in [7, 11) is 0. The van der Waals surface area contributed by atoms with Crippen molar-refractivity contribution in [1.82, 2.24) is 5.32 Å². The fourth-order valence-corrected chi connectivity index (χ4v) is 2.04. The maximum absolute atomic E-state index is 9.65. The van der Waals surface area contributed by atoms with E-state index in [4.69, 9.17) is 0 Å². The molecule has 0 unspecified atom stereocenters. The molecule has 0 radical (unpaired) electrons. The van der Waals surface area contributed by atoms with Crippen molar-refractivity contribution in [2.45, 2.75) is 42.9 Å². The average Bonchev–Trinajstić information content (AvgIpc) is 2.41. The molecular weight excluding hydrogens is 198 g/mol. The van der Waals surface area contributed by atoms with Gasteiger partial charge in [-0.2, -0.15) is 0 Å². The molecule has 0 aliphatic carbocycles. The smallest absolute Gasteiger partial charge is 0.145 e. The number of fused-ring (bicyclic) bond motifs is 2. The first kappa shape index (κ1) is 11.2. The van der Waals surface area contributed by atoms with Gasteiger partial charge in [0.2, 0.25) is 0 Å². The maximum Gasteiger partial charge on any atom is 0.145 e. The van der Waals surface area contributed by atoms with E-state index in [1.807, 2.05) is 0 Å². The van der Waals surface area contributed by atoms with Crippen LogP contribution in [0.4, 0.5) is 0 Å². The van der Waals surface area contributed by atoms with Gasteiger partial charge in [0.15, 0.2) is 0 Å². The highest BCUT2D eigenvalue weighted by molar-refractivity contribution is 5.85. The third-order valence-corrected chi connectivity index (χ3v) is 2.85. The summed E-state index contributed by atoms with van der Waals surface area (Å²) in [6.45, 7) is 0. The molecule has 0 aromatic carbocycles. The van der Waals surface area contributed by atoms with E-state index in [0.29, 0.717) is 12.8 Å². The first-order valence-corrected chi connectivity index (χ1v) is 4.09. The van der Waals surface area contributed by atoms with Gasteiger partial charge in [-0.25, -0.2) is 0 Å². The van der Waals surface area contributed by atoms with Crippen molar-refractivity contribution >= 4 is 12.4 Å². The van der Waals surface area contributed by atoms with E-state index >= 15 is 0 Å². The van der Waals surface area contributed by atoms with Gasteiger partial charge in [0.1, 0.15) is 17.9 Å². The lowest BCUT2D eigenvalue weighted by Gasteiger charge is -2.40. The molecule has 6 heteroatoms. The fourth-order valence-electron chi connectivity index (χ4n) is 2.04. The third-order valence-electron chi connectivity index (χ3n) is 2.85. The lowest BCUT2D eigenvalue weighted by atomic mass is 9.94.